The molecular formula is C13H17NS2. The summed E-state index contributed by atoms with van der Waals surface area (Å²) < 4.78 is 0. The van der Waals surface area contributed by atoms with Crippen LogP contribution in [0.15, 0.2) is 34.2 Å². The third-order valence-electron chi connectivity index (χ3n) is 2.67. The Balaban J connectivity index is 2.37. The summed E-state index contributed by atoms with van der Waals surface area (Å²) in [5.41, 5.74) is 2.80. The maximum Gasteiger partial charge on any atom is 0.0757 e. The normalized spacial score (nSPS) is 16.9. The summed E-state index contributed by atoms with van der Waals surface area (Å²) in [6, 6.07) is 6.83. The Hall–Kier alpha value is -0.540. The first-order valence-electron chi connectivity index (χ1n) is 5.53. The smallest absolute Gasteiger partial charge is 0.0757 e. The lowest BCUT2D eigenvalue weighted by Crippen LogP contribution is -2.16. The highest BCUT2D eigenvalue weighted by atomic mass is 32.2. The number of benzene rings is 1. The van der Waals surface area contributed by atoms with Gasteiger partial charge in [-0.2, -0.15) is 11.8 Å². The van der Waals surface area contributed by atoms with E-state index in [1.165, 1.54) is 21.2 Å². The predicted molar refractivity (Wildman–Crippen MR) is 76.3 cm³/mol. The van der Waals surface area contributed by atoms with Crippen LogP contribution in [0.5, 0.6) is 0 Å². The molecule has 1 nitrogen and oxygen atoms in total. The number of fused-ring (bicyclic) bond motifs is 1. The first-order valence-corrected chi connectivity index (χ1v) is 7.74. The summed E-state index contributed by atoms with van der Waals surface area (Å²) in [5.74, 6) is 1.10. The lowest BCUT2D eigenvalue weighted by molar-refractivity contribution is 0.998. The zero-order valence-corrected chi connectivity index (χ0v) is 11.6. The van der Waals surface area contributed by atoms with Gasteiger partial charge in [0.2, 0.25) is 0 Å². The average molecular weight is 251 g/mol. The number of anilines is 1. The molecule has 0 amide bonds. The second-order valence-electron chi connectivity index (χ2n) is 3.71. The van der Waals surface area contributed by atoms with Crippen molar-refractivity contribution >= 4 is 29.2 Å². The van der Waals surface area contributed by atoms with E-state index >= 15 is 0 Å². The number of nitrogens with zero attached hydrogens (tertiary/aromatic N) is 1. The Morgan fingerprint density at radius 2 is 2.25 bits per heavy atom. The zero-order valence-electron chi connectivity index (χ0n) is 9.99. The summed E-state index contributed by atoms with van der Waals surface area (Å²) in [4.78, 5) is 3.78. The molecule has 0 saturated carbocycles. The summed E-state index contributed by atoms with van der Waals surface area (Å²) >= 11 is 3.75. The molecule has 1 aromatic carbocycles. The molecule has 1 aliphatic heterocycles. The number of thioether (sulfide) groups is 2. The zero-order chi connectivity index (χ0) is 11.5. The van der Waals surface area contributed by atoms with Crippen LogP contribution >= 0.6 is 23.5 Å². The molecule has 0 aliphatic carbocycles. The first-order chi connectivity index (χ1) is 7.80. The van der Waals surface area contributed by atoms with Crippen LogP contribution in [-0.4, -0.2) is 12.8 Å². The van der Waals surface area contributed by atoms with E-state index in [0.717, 1.165) is 12.3 Å². The standard InChI is InChI=1S/C13H17NS2/c1-4-13-14(5-2)11-8-10(9-15-3)6-7-12(11)16-13/h4,6-8H,5,9H2,1-3H3/b13-4-. The lowest BCUT2D eigenvalue weighted by atomic mass is 10.2. The topological polar surface area (TPSA) is 3.24 Å². The van der Waals surface area contributed by atoms with Crippen molar-refractivity contribution in [3.8, 4) is 0 Å². The SMILES string of the molecule is C/C=C1\Sc2ccc(CSC)cc2N1CC. The van der Waals surface area contributed by atoms with Gasteiger partial charge in [0.25, 0.3) is 0 Å². The van der Waals surface area contributed by atoms with Crippen molar-refractivity contribution in [2.75, 3.05) is 17.7 Å². The first kappa shape index (κ1) is 11.9. The van der Waals surface area contributed by atoms with E-state index in [1.54, 1.807) is 0 Å². The van der Waals surface area contributed by atoms with Crippen LogP contribution in [0.3, 0.4) is 0 Å². The van der Waals surface area contributed by atoms with Gasteiger partial charge in [-0.15, -0.1) is 0 Å². The molecule has 1 heterocycles. The number of hydrogen-bond acceptors (Lipinski definition) is 3. The van der Waals surface area contributed by atoms with Gasteiger partial charge in [0.15, 0.2) is 0 Å². The third-order valence-corrected chi connectivity index (χ3v) is 4.52. The van der Waals surface area contributed by atoms with Crippen LogP contribution in [0.1, 0.15) is 19.4 Å². The van der Waals surface area contributed by atoms with Gasteiger partial charge in [-0.25, -0.2) is 0 Å². The molecule has 0 N–H and O–H groups in total. The molecule has 0 aromatic heterocycles. The summed E-state index contributed by atoms with van der Waals surface area (Å²) in [6.07, 6.45) is 4.35. The largest absolute Gasteiger partial charge is 0.336 e. The minimum atomic E-state index is 1.04. The van der Waals surface area contributed by atoms with Crippen LogP contribution < -0.4 is 4.90 Å². The van der Waals surface area contributed by atoms with Crippen molar-refractivity contribution < 1.29 is 0 Å². The Morgan fingerprint density at radius 3 is 2.88 bits per heavy atom. The van der Waals surface area contributed by atoms with Gasteiger partial charge < -0.3 is 4.90 Å². The van der Waals surface area contributed by atoms with E-state index in [1.807, 2.05) is 23.5 Å². The maximum atomic E-state index is 2.39. The molecular weight excluding hydrogens is 234 g/mol. The number of allylic oxidation sites excluding steroid dienone is 1. The van der Waals surface area contributed by atoms with Crippen molar-refractivity contribution in [3.05, 3.63) is 34.9 Å². The van der Waals surface area contributed by atoms with E-state index in [-0.39, 0.29) is 0 Å². The van der Waals surface area contributed by atoms with Gasteiger partial charge in [0, 0.05) is 17.2 Å². The molecule has 2 rings (SSSR count). The monoisotopic (exact) mass is 251 g/mol. The van der Waals surface area contributed by atoms with E-state index in [0.29, 0.717) is 0 Å². The summed E-state index contributed by atoms with van der Waals surface area (Å²) in [5, 5.41) is 1.36. The molecule has 16 heavy (non-hydrogen) atoms. The quantitative estimate of drug-likeness (QED) is 0.786. The fourth-order valence-electron chi connectivity index (χ4n) is 1.94. The van der Waals surface area contributed by atoms with Crippen LogP contribution in [0.2, 0.25) is 0 Å². The molecule has 0 bridgehead atoms. The van der Waals surface area contributed by atoms with Crippen molar-refractivity contribution in [1.29, 1.82) is 0 Å². The van der Waals surface area contributed by atoms with Crippen LogP contribution in [-0.2, 0) is 5.75 Å². The molecule has 0 unspecified atom stereocenters. The molecule has 3 heteroatoms. The van der Waals surface area contributed by atoms with E-state index in [9.17, 15) is 0 Å². The van der Waals surface area contributed by atoms with Crippen molar-refractivity contribution in [1.82, 2.24) is 0 Å². The minimum absolute atomic E-state index is 1.04. The molecule has 86 valence electrons. The second kappa shape index (κ2) is 5.19. The Kier molecular flexibility index (Phi) is 3.87. The van der Waals surface area contributed by atoms with Crippen LogP contribution in [0, 0.1) is 0 Å². The Labute approximate surface area is 106 Å². The van der Waals surface area contributed by atoms with Crippen molar-refractivity contribution in [3.63, 3.8) is 0 Å². The predicted octanol–water partition coefficient (Wildman–Crippen LogP) is 4.34. The fraction of sp³-hybridized carbons (Fsp3) is 0.385. The fourth-order valence-corrected chi connectivity index (χ4v) is 3.55. The molecule has 1 aromatic rings. The molecule has 1 aliphatic rings. The van der Waals surface area contributed by atoms with Crippen molar-refractivity contribution in [2.24, 2.45) is 0 Å². The summed E-state index contributed by atoms with van der Waals surface area (Å²) in [6.45, 7) is 5.36. The maximum absolute atomic E-state index is 2.39. The van der Waals surface area contributed by atoms with Gasteiger partial charge >= 0.3 is 0 Å². The number of rotatable bonds is 3. The van der Waals surface area contributed by atoms with Gasteiger partial charge in [-0.1, -0.05) is 23.9 Å². The molecule has 0 atom stereocenters. The van der Waals surface area contributed by atoms with E-state index in [2.05, 4.69) is 49.3 Å². The number of hydrogen-bond donors (Lipinski definition) is 0. The van der Waals surface area contributed by atoms with Gasteiger partial charge in [0.05, 0.1) is 10.7 Å². The molecule has 0 radical (unpaired) electrons. The van der Waals surface area contributed by atoms with Gasteiger partial charge in [0.1, 0.15) is 0 Å². The molecule has 0 spiro atoms. The third kappa shape index (κ3) is 2.11. The van der Waals surface area contributed by atoms with E-state index in [4.69, 9.17) is 0 Å². The highest BCUT2D eigenvalue weighted by molar-refractivity contribution is 8.03. The Bertz CT molecular complexity index is 412. The molecule has 0 fully saturated rings. The lowest BCUT2D eigenvalue weighted by Gasteiger charge is -2.18. The second-order valence-corrected chi connectivity index (χ2v) is 5.64. The van der Waals surface area contributed by atoms with Crippen LogP contribution in [0.25, 0.3) is 0 Å². The minimum Gasteiger partial charge on any atom is -0.336 e. The summed E-state index contributed by atoms with van der Waals surface area (Å²) in [7, 11) is 0. The molecule has 0 saturated heterocycles. The average Bonchev–Trinajstić information content (AvgIpc) is 2.66. The van der Waals surface area contributed by atoms with Gasteiger partial charge in [-0.3, -0.25) is 0 Å². The van der Waals surface area contributed by atoms with E-state index < -0.39 is 0 Å². The van der Waals surface area contributed by atoms with Crippen molar-refractivity contribution in [2.45, 2.75) is 24.5 Å². The van der Waals surface area contributed by atoms with Crippen LogP contribution in [0.4, 0.5) is 5.69 Å². The Morgan fingerprint density at radius 1 is 1.44 bits per heavy atom. The van der Waals surface area contributed by atoms with Gasteiger partial charge in [-0.05, 0) is 37.8 Å². The highest BCUT2D eigenvalue weighted by Crippen LogP contribution is 2.46. The highest BCUT2D eigenvalue weighted by Gasteiger charge is 2.23.